The van der Waals surface area contributed by atoms with Crippen LogP contribution in [0.4, 0.5) is 0 Å². The number of para-hydroxylation sites is 1. The maximum atomic E-state index is 12.9. The molecule has 3 rings (SSSR count). The van der Waals surface area contributed by atoms with Gasteiger partial charge in [0.15, 0.2) is 0 Å². The highest BCUT2D eigenvalue weighted by Crippen LogP contribution is 2.30. The lowest BCUT2D eigenvalue weighted by molar-refractivity contribution is 0.0950. The van der Waals surface area contributed by atoms with E-state index in [0.29, 0.717) is 30.6 Å². The summed E-state index contributed by atoms with van der Waals surface area (Å²) in [5.74, 6) is 2.61. The van der Waals surface area contributed by atoms with Crippen LogP contribution in [-0.4, -0.2) is 55.8 Å². The molecule has 0 bridgehead atoms. The second kappa shape index (κ2) is 14.3. The van der Waals surface area contributed by atoms with E-state index < -0.39 is 0 Å². The van der Waals surface area contributed by atoms with E-state index in [1.165, 1.54) is 0 Å². The van der Waals surface area contributed by atoms with Crippen molar-refractivity contribution in [1.29, 1.82) is 0 Å². The molecule has 1 amide bonds. The molecule has 1 heterocycles. The summed E-state index contributed by atoms with van der Waals surface area (Å²) in [6.07, 6.45) is 5.11. The second-order valence-corrected chi connectivity index (χ2v) is 10.8. The van der Waals surface area contributed by atoms with Gasteiger partial charge in [-0.2, -0.15) is 0 Å². The van der Waals surface area contributed by atoms with Gasteiger partial charge in [0.1, 0.15) is 11.5 Å². The van der Waals surface area contributed by atoms with Crippen molar-refractivity contribution in [3.05, 3.63) is 59.2 Å². The Morgan fingerprint density at radius 2 is 1.84 bits per heavy atom. The van der Waals surface area contributed by atoms with Gasteiger partial charge in [-0.05, 0) is 81.6 Å². The van der Waals surface area contributed by atoms with Gasteiger partial charge in [-0.3, -0.25) is 4.79 Å². The van der Waals surface area contributed by atoms with Crippen LogP contribution in [0.5, 0.6) is 11.5 Å². The Bertz CT molecular complexity index is 1130. The van der Waals surface area contributed by atoms with Crippen LogP contribution >= 0.6 is 11.6 Å². The number of ether oxygens (including phenoxy) is 2. The Balaban J connectivity index is 1.48. The topological polar surface area (TPSA) is 55.7 Å². The first-order valence-electron chi connectivity index (χ1n) is 13.3. The normalized spacial score (nSPS) is 12.3. The monoisotopic (exact) mass is 527 g/mol. The van der Waals surface area contributed by atoms with E-state index in [1.54, 1.807) is 7.11 Å². The summed E-state index contributed by atoms with van der Waals surface area (Å²) in [6.45, 7) is 10.7. The molecule has 7 heteroatoms. The standard InChI is InChI=1S/C30H42ClN3O3/c1-22(2)20-32-30(35)27-21-34(29-26(27)8-6-9-28(29)36-5)17-7-16-33(4)18-14-23(3)15-19-37-25-12-10-24(31)11-13-25/h6,8-13,21-23H,7,14-20H2,1-5H3,(H,32,35). The van der Waals surface area contributed by atoms with Crippen molar-refractivity contribution < 1.29 is 14.3 Å². The van der Waals surface area contributed by atoms with Crippen molar-refractivity contribution in [3.8, 4) is 11.5 Å². The minimum absolute atomic E-state index is 0.0307. The average Bonchev–Trinajstić information content (AvgIpc) is 3.26. The van der Waals surface area contributed by atoms with E-state index in [2.05, 4.69) is 42.6 Å². The van der Waals surface area contributed by atoms with E-state index in [-0.39, 0.29) is 5.91 Å². The van der Waals surface area contributed by atoms with Gasteiger partial charge in [0.05, 0.1) is 24.8 Å². The smallest absolute Gasteiger partial charge is 0.253 e. The first-order valence-corrected chi connectivity index (χ1v) is 13.7. The molecule has 2 aromatic carbocycles. The number of nitrogens with one attached hydrogen (secondary N) is 1. The molecular formula is C30H42ClN3O3. The number of carbonyl (C=O) groups excluding carboxylic acids is 1. The van der Waals surface area contributed by atoms with Crippen molar-refractivity contribution >= 4 is 28.4 Å². The van der Waals surface area contributed by atoms with E-state index in [1.807, 2.05) is 48.7 Å². The zero-order valence-corrected chi connectivity index (χ0v) is 23.7. The van der Waals surface area contributed by atoms with Gasteiger partial charge in [-0.15, -0.1) is 0 Å². The van der Waals surface area contributed by atoms with E-state index >= 15 is 0 Å². The zero-order valence-electron chi connectivity index (χ0n) is 22.9. The third-order valence-electron chi connectivity index (χ3n) is 6.63. The third kappa shape index (κ3) is 8.68. The molecule has 3 aromatic rings. The van der Waals surface area contributed by atoms with Crippen LogP contribution in [-0.2, 0) is 6.54 Å². The summed E-state index contributed by atoms with van der Waals surface area (Å²) < 4.78 is 13.6. The van der Waals surface area contributed by atoms with Crippen LogP contribution in [0.1, 0.15) is 50.4 Å². The number of amides is 1. The number of fused-ring (bicyclic) bond motifs is 1. The highest BCUT2D eigenvalue weighted by atomic mass is 35.5. The molecule has 0 aliphatic rings. The Labute approximate surface area is 226 Å². The molecule has 0 spiro atoms. The predicted octanol–water partition coefficient (Wildman–Crippen LogP) is 6.51. The van der Waals surface area contributed by atoms with Crippen LogP contribution in [0.15, 0.2) is 48.7 Å². The van der Waals surface area contributed by atoms with Crippen molar-refractivity contribution in [3.63, 3.8) is 0 Å². The molecule has 202 valence electrons. The van der Waals surface area contributed by atoms with Gasteiger partial charge < -0.3 is 24.3 Å². The SMILES string of the molecule is COc1cccc2c(C(=O)NCC(C)C)cn(CCCN(C)CCC(C)CCOc3ccc(Cl)cc3)c12. The Morgan fingerprint density at radius 1 is 1.08 bits per heavy atom. The van der Waals surface area contributed by atoms with E-state index in [0.717, 1.165) is 66.3 Å². The molecule has 1 N–H and O–H groups in total. The molecule has 1 unspecified atom stereocenters. The van der Waals surface area contributed by atoms with Crippen LogP contribution in [0, 0.1) is 11.8 Å². The molecule has 1 aromatic heterocycles. The Kier molecular flexibility index (Phi) is 11.2. The quantitative estimate of drug-likeness (QED) is 0.245. The number of hydrogen-bond donors (Lipinski definition) is 1. The lowest BCUT2D eigenvalue weighted by Crippen LogP contribution is -2.27. The lowest BCUT2D eigenvalue weighted by Gasteiger charge is -2.20. The fourth-order valence-electron chi connectivity index (χ4n) is 4.36. The summed E-state index contributed by atoms with van der Waals surface area (Å²) in [4.78, 5) is 15.3. The molecule has 0 fully saturated rings. The molecule has 0 radical (unpaired) electrons. The predicted molar refractivity (Wildman–Crippen MR) is 153 cm³/mol. The van der Waals surface area contributed by atoms with Crippen molar-refractivity contribution in [2.24, 2.45) is 11.8 Å². The lowest BCUT2D eigenvalue weighted by atomic mass is 10.0. The highest BCUT2D eigenvalue weighted by molar-refractivity contribution is 6.30. The summed E-state index contributed by atoms with van der Waals surface area (Å²) in [7, 11) is 3.86. The zero-order chi connectivity index (χ0) is 26.8. The van der Waals surface area contributed by atoms with Crippen LogP contribution in [0.2, 0.25) is 5.02 Å². The molecule has 37 heavy (non-hydrogen) atoms. The minimum Gasteiger partial charge on any atom is -0.495 e. The van der Waals surface area contributed by atoms with Crippen molar-refractivity contribution in [2.45, 2.75) is 46.6 Å². The summed E-state index contributed by atoms with van der Waals surface area (Å²) in [5, 5.41) is 4.71. The number of aromatic nitrogens is 1. The van der Waals surface area contributed by atoms with Crippen molar-refractivity contribution in [1.82, 2.24) is 14.8 Å². The van der Waals surface area contributed by atoms with Gasteiger partial charge in [-0.1, -0.05) is 44.5 Å². The largest absolute Gasteiger partial charge is 0.495 e. The Hall–Kier alpha value is -2.70. The van der Waals surface area contributed by atoms with Gasteiger partial charge in [-0.25, -0.2) is 0 Å². The van der Waals surface area contributed by atoms with E-state index in [9.17, 15) is 4.79 Å². The van der Waals surface area contributed by atoms with Gasteiger partial charge in [0.25, 0.3) is 5.91 Å². The third-order valence-corrected chi connectivity index (χ3v) is 6.88. The van der Waals surface area contributed by atoms with Crippen LogP contribution < -0.4 is 14.8 Å². The average molecular weight is 528 g/mol. The maximum Gasteiger partial charge on any atom is 0.253 e. The molecule has 0 saturated carbocycles. The number of rotatable bonds is 15. The summed E-state index contributed by atoms with van der Waals surface area (Å²) in [5.41, 5.74) is 1.69. The number of hydrogen-bond acceptors (Lipinski definition) is 4. The molecule has 0 aliphatic carbocycles. The fourth-order valence-corrected chi connectivity index (χ4v) is 4.48. The van der Waals surface area contributed by atoms with Crippen LogP contribution in [0.25, 0.3) is 10.9 Å². The first-order chi connectivity index (χ1) is 17.8. The fraction of sp³-hybridized carbons (Fsp3) is 0.500. The molecule has 0 aliphatic heterocycles. The Morgan fingerprint density at radius 3 is 2.54 bits per heavy atom. The number of carbonyl (C=O) groups is 1. The molecular weight excluding hydrogens is 486 g/mol. The van der Waals surface area contributed by atoms with Crippen molar-refractivity contribution in [2.75, 3.05) is 40.4 Å². The number of methoxy groups -OCH3 is 1. The number of aryl methyl sites for hydroxylation is 1. The van der Waals surface area contributed by atoms with Gasteiger partial charge >= 0.3 is 0 Å². The molecule has 1 atom stereocenters. The highest BCUT2D eigenvalue weighted by Gasteiger charge is 2.18. The maximum absolute atomic E-state index is 12.9. The van der Waals surface area contributed by atoms with Gasteiger partial charge in [0, 0.05) is 29.7 Å². The second-order valence-electron chi connectivity index (χ2n) is 10.3. The van der Waals surface area contributed by atoms with Crippen LogP contribution in [0.3, 0.4) is 0 Å². The molecule has 0 saturated heterocycles. The summed E-state index contributed by atoms with van der Waals surface area (Å²) in [6, 6.07) is 13.4. The summed E-state index contributed by atoms with van der Waals surface area (Å²) >= 11 is 5.93. The minimum atomic E-state index is -0.0307. The number of halogens is 1. The van der Waals surface area contributed by atoms with Gasteiger partial charge in [0.2, 0.25) is 0 Å². The molecule has 6 nitrogen and oxygen atoms in total. The van der Waals surface area contributed by atoms with E-state index in [4.69, 9.17) is 21.1 Å². The number of benzene rings is 2. The first kappa shape index (κ1) is 28.9. The number of nitrogens with zero attached hydrogens (tertiary/aromatic N) is 2.